The highest BCUT2D eigenvalue weighted by molar-refractivity contribution is 5.99. The molecule has 0 fully saturated rings. The van der Waals surface area contributed by atoms with E-state index in [1.807, 2.05) is 0 Å². The van der Waals surface area contributed by atoms with Gasteiger partial charge >= 0.3 is 17.9 Å². The standard InChI is InChI=1S/C16H29N3O7/c1-16(2,3)26-13(22)10-11(15(24)25)14(23)19-9-8-18-7-6-17-5-4-12(20)21/h11,17-18H,4-10H2,1-3H3,(H,19,23)(H,20,21)(H,24,25). The zero-order chi connectivity index (χ0) is 20.2. The van der Waals surface area contributed by atoms with E-state index in [0.29, 0.717) is 26.2 Å². The van der Waals surface area contributed by atoms with E-state index in [0.717, 1.165) is 0 Å². The summed E-state index contributed by atoms with van der Waals surface area (Å²) in [4.78, 5) is 45.1. The molecule has 0 aliphatic heterocycles. The fraction of sp³-hybridized carbons (Fsp3) is 0.750. The molecular weight excluding hydrogens is 346 g/mol. The van der Waals surface area contributed by atoms with E-state index in [1.165, 1.54) is 0 Å². The molecule has 0 aliphatic carbocycles. The molecule has 1 amide bonds. The first-order chi connectivity index (χ1) is 12.0. The van der Waals surface area contributed by atoms with E-state index in [9.17, 15) is 19.2 Å². The van der Waals surface area contributed by atoms with E-state index < -0.39 is 41.8 Å². The first-order valence-electron chi connectivity index (χ1n) is 8.38. The fourth-order valence-corrected chi connectivity index (χ4v) is 1.86. The predicted octanol–water partition coefficient (Wildman–Crippen LogP) is -0.811. The van der Waals surface area contributed by atoms with Crippen LogP contribution in [-0.2, 0) is 23.9 Å². The molecule has 150 valence electrons. The van der Waals surface area contributed by atoms with Crippen LogP contribution < -0.4 is 16.0 Å². The summed E-state index contributed by atoms with van der Waals surface area (Å²) in [5.74, 6) is -5.24. The van der Waals surface area contributed by atoms with Crippen molar-refractivity contribution < 1.29 is 34.1 Å². The number of carboxylic acid groups (broad SMARTS) is 2. The maximum absolute atomic E-state index is 11.9. The van der Waals surface area contributed by atoms with Gasteiger partial charge in [-0.05, 0) is 20.8 Å². The Bertz CT molecular complexity index is 489. The molecule has 0 spiro atoms. The average Bonchev–Trinajstić information content (AvgIpc) is 2.48. The van der Waals surface area contributed by atoms with Crippen molar-refractivity contribution in [3.05, 3.63) is 0 Å². The van der Waals surface area contributed by atoms with Crippen LogP contribution in [0.4, 0.5) is 0 Å². The highest BCUT2D eigenvalue weighted by Crippen LogP contribution is 2.12. The normalized spacial score (nSPS) is 12.3. The molecule has 10 nitrogen and oxygen atoms in total. The number of carbonyl (C=O) groups excluding carboxylic acids is 2. The maximum Gasteiger partial charge on any atom is 0.316 e. The minimum atomic E-state index is -1.50. The molecule has 0 heterocycles. The molecule has 0 radical (unpaired) electrons. The number of ether oxygens (including phenoxy) is 1. The molecule has 1 unspecified atom stereocenters. The van der Waals surface area contributed by atoms with Gasteiger partial charge in [-0.2, -0.15) is 0 Å². The third kappa shape index (κ3) is 13.1. The number of aliphatic carboxylic acids is 2. The van der Waals surface area contributed by atoms with Crippen molar-refractivity contribution in [1.29, 1.82) is 0 Å². The number of esters is 1. The van der Waals surface area contributed by atoms with Gasteiger partial charge in [0.25, 0.3) is 0 Å². The topological polar surface area (TPSA) is 154 Å². The van der Waals surface area contributed by atoms with Crippen LogP contribution in [0.3, 0.4) is 0 Å². The number of carboxylic acids is 2. The van der Waals surface area contributed by atoms with Crippen molar-refractivity contribution in [3.63, 3.8) is 0 Å². The van der Waals surface area contributed by atoms with Crippen molar-refractivity contribution in [3.8, 4) is 0 Å². The minimum Gasteiger partial charge on any atom is -0.481 e. The van der Waals surface area contributed by atoms with E-state index >= 15 is 0 Å². The lowest BCUT2D eigenvalue weighted by Crippen LogP contribution is -2.41. The third-order valence-electron chi connectivity index (χ3n) is 3.00. The van der Waals surface area contributed by atoms with E-state index in [-0.39, 0.29) is 13.0 Å². The van der Waals surface area contributed by atoms with Crippen LogP contribution in [0.1, 0.15) is 33.6 Å². The molecule has 0 aromatic carbocycles. The lowest BCUT2D eigenvalue weighted by molar-refractivity contribution is -0.162. The SMILES string of the molecule is CC(C)(C)OC(=O)CC(C(=O)O)C(=O)NCCNCCNCCC(=O)O. The number of hydrogen-bond donors (Lipinski definition) is 5. The van der Waals surface area contributed by atoms with E-state index in [1.54, 1.807) is 20.8 Å². The summed E-state index contributed by atoms with van der Waals surface area (Å²) in [7, 11) is 0. The Kier molecular flexibility index (Phi) is 11.2. The summed E-state index contributed by atoms with van der Waals surface area (Å²) >= 11 is 0. The molecule has 0 rings (SSSR count). The predicted molar refractivity (Wildman–Crippen MR) is 92.6 cm³/mol. The monoisotopic (exact) mass is 375 g/mol. The van der Waals surface area contributed by atoms with Gasteiger partial charge in [0.15, 0.2) is 0 Å². The van der Waals surface area contributed by atoms with Gasteiger partial charge in [0.2, 0.25) is 5.91 Å². The Labute approximate surface area is 152 Å². The lowest BCUT2D eigenvalue weighted by atomic mass is 10.0. The fourth-order valence-electron chi connectivity index (χ4n) is 1.86. The van der Waals surface area contributed by atoms with Gasteiger partial charge in [-0.25, -0.2) is 0 Å². The number of carbonyl (C=O) groups is 4. The Morgan fingerprint density at radius 3 is 1.96 bits per heavy atom. The van der Waals surface area contributed by atoms with Crippen LogP contribution in [0.2, 0.25) is 0 Å². The molecule has 0 saturated carbocycles. The minimum absolute atomic E-state index is 0.0459. The highest BCUT2D eigenvalue weighted by Gasteiger charge is 2.30. The molecular formula is C16H29N3O7. The Morgan fingerprint density at radius 2 is 1.46 bits per heavy atom. The van der Waals surface area contributed by atoms with Crippen molar-refractivity contribution in [2.45, 2.75) is 39.2 Å². The zero-order valence-electron chi connectivity index (χ0n) is 15.5. The molecule has 0 aromatic rings. The van der Waals surface area contributed by atoms with Gasteiger partial charge < -0.3 is 30.9 Å². The van der Waals surface area contributed by atoms with Gasteiger partial charge in [-0.3, -0.25) is 19.2 Å². The smallest absolute Gasteiger partial charge is 0.316 e. The molecule has 1 atom stereocenters. The molecule has 0 bridgehead atoms. The van der Waals surface area contributed by atoms with Crippen LogP contribution in [0.25, 0.3) is 0 Å². The second-order valence-corrected chi connectivity index (χ2v) is 6.62. The van der Waals surface area contributed by atoms with Crippen molar-refractivity contribution in [1.82, 2.24) is 16.0 Å². The zero-order valence-corrected chi connectivity index (χ0v) is 15.5. The molecule has 10 heteroatoms. The molecule has 0 saturated heterocycles. The van der Waals surface area contributed by atoms with E-state index in [2.05, 4.69) is 16.0 Å². The lowest BCUT2D eigenvalue weighted by Gasteiger charge is -2.20. The van der Waals surface area contributed by atoms with Gasteiger partial charge in [-0.15, -0.1) is 0 Å². The first kappa shape index (κ1) is 23.8. The van der Waals surface area contributed by atoms with Gasteiger partial charge in [-0.1, -0.05) is 0 Å². The highest BCUT2D eigenvalue weighted by atomic mass is 16.6. The maximum atomic E-state index is 11.9. The van der Waals surface area contributed by atoms with Crippen molar-refractivity contribution in [2.24, 2.45) is 5.92 Å². The summed E-state index contributed by atoms with van der Waals surface area (Å²) in [5.41, 5.74) is -0.751. The number of nitrogens with one attached hydrogen (secondary N) is 3. The quantitative estimate of drug-likeness (QED) is 0.158. The summed E-state index contributed by atoms with van der Waals surface area (Å²) < 4.78 is 5.03. The molecule has 0 aromatic heterocycles. The second-order valence-electron chi connectivity index (χ2n) is 6.62. The Hall–Kier alpha value is -2.20. The van der Waals surface area contributed by atoms with Gasteiger partial charge in [0.05, 0.1) is 12.8 Å². The third-order valence-corrected chi connectivity index (χ3v) is 3.00. The van der Waals surface area contributed by atoms with Crippen LogP contribution >= 0.6 is 0 Å². The Morgan fingerprint density at radius 1 is 0.923 bits per heavy atom. The van der Waals surface area contributed by atoms with Gasteiger partial charge in [0.1, 0.15) is 11.5 Å². The van der Waals surface area contributed by atoms with Crippen LogP contribution in [0, 0.1) is 5.92 Å². The number of hydrogen-bond acceptors (Lipinski definition) is 7. The number of amides is 1. The molecule has 0 aliphatic rings. The van der Waals surface area contributed by atoms with Gasteiger partial charge in [0, 0.05) is 32.7 Å². The first-order valence-corrected chi connectivity index (χ1v) is 8.38. The largest absolute Gasteiger partial charge is 0.481 e. The molecule has 5 N–H and O–H groups in total. The average molecular weight is 375 g/mol. The van der Waals surface area contributed by atoms with Crippen LogP contribution in [0.15, 0.2) is 0 Å². The number of rotatable bonds is 13. The molecule has 26 heavy (non-hydrogen) atoms. The summed E-state index contributed by atoms with van der Waals surface area (Å²) in [6, 6.07) is 0. The van der Waals surface area contributed by atoms with Crippen molar-refractivity contribution in [2.75, 3.05) is 32.7 Å². The van der Waals surface area contributed by atoms with Crippen LogP contribution in [-0.4, -0.2) is 72.4 Å². The summed E-state index contributed by atoms with van der Waals surface area (Å²) in [6.45, 7) is 7.08. The second kappa shape index (κ2) is 12.2. The summed E-state index contributed by atoms with van der Waals surface area (Å²) in [5, 5.41) is 26.0. The van der Waals surface area contributed by atoms with Crippen LogP contribution in [0.5, 0.6) is 0 Å². The Balaban J connectivity index is 4.00. The summed E-state index contributed by atoms with van der Waals surface area (Å²) in [6.07, 6.45) is -0.482. The van der Waals surface area contributed by atoms with Crippen molar-refractivity contribution >= 4 is 23.8 Å². The van der Waals surface area contributed by atoms with E-state index in [4.69, 9.17) is 14.9 Å².